The molecule has 0 spiro atoms. The molecule has 2 atom stereocenters. The Labute approximate surface area is 296 Å². The maximum Gasteiger partial charge on any atom is 0.411 e. The summed E-state index contributed by atoms with van der Waals surface area (Å²) in [6.07, 6.45) is -7.97. The maximum atomic E-state index is 15.6. The average Bonchev–Trinajstić information content (AvgIpc) is 3.37. The number of alkyl carbamates (subject to hydrolysis) is 1. The van der Waals surface area contributed by atoms with Crippen LogP contribution in [0.25, 0.3) is 11.4 Å². The molecule has 6 rings (SSSR count). The van der Waals surface area contributed by atoms with Gasteiger partial charge in [-0.05, 0) is 70.5 Å². The lowest BCUT2D eigenvalue weighted by Crippen LogP contribution is -2.49. The van der Waals surface area contributed by atoms with E-state index in [0.29, 0.717) is 0 Å². The van der Waals surface area contributed by atoms with Crippen molar-refractivity contribution in [2.24, 2.45) is 5.41 Å². The van der Waals surface area contributed by atoms with Gasteiger partial charge in [-0.25, -0.2) is 27.6 Å². The lowest BCUT2D eigenvalue weighted by atomic mass is 9.75. The van der Waals surface area contributed by atoms with Crippen molar-refractivity contribution in [2.75, 3.05) is 6.61 Å². The Morgan fingerprint density at radius 1 is 1.13 bits per heavy atom. The summed E-state index contributed by atoms with van der Waals surface area (Å²) in [6.45, 7) is 4.62. The molecule has 276 valence electrons. The summed E-state index contributed by atoms with van der Waals surface area (Å²) in [7, 11) is 0. The van der Waals surface area contributed by atoms with Gasteiger partial charge in [-0.3, -0.25) is 15.1 Å². The Morgan fingerprint density at radius 2 is 1.87 bits per heavy atom. The van der Waals surface area contributed by atoms with Crippen molar-refractivity contribution in [1.29, 1.82) is 5.41 Å². The number of benzene rings is 2. The molecular weight excluding hydrogens is 724 g/mol. The van der Waals surface area contributed by atoms with Crippen LogP contribution in [0.15, 0.2) is 49.1 Å². The van der Waals surface area contributed by atoms with E-state index >= 15 is 4.39 Å². The van der Waals surface area contributed by atoms with Crippen LogP contribution in [0.5, 0.6) is 0 Å². The van der Waals surface area contributed by atoms with E-state index in [1.165, 1.54) is 36.7 Å². The number of ether oxygens (including phenoxy) is 1. The highest BCUT2D eigenvalue weighted by atomic mass is 35.5. The quantitative estimate of drug-likeness (QED) is 0.176. The van der Waals surface area contributed by atoms with Crippen LogP contribution in [0.1, 0.15) is 69.5 Å². The fourth-order valence-corrected chi connectivity index (χ4v) is 6.36. The van der Waals surface area contributed by atoms with Gasteiger partial charge in [0.2, 0.25) is 0 Å². The van der Waals surface area contributed by atoms with Crippen LogP contribution in [0.3, 0.4) is 0 Å². The molecule has 14 nitrogen and oxygen atoms in total. The summed E-state index contributed by atoms with van der Waals surface area (Å²) in [5.41, 5.74) is -4.90. The van der Waals surface area contributed by atoms with Crippen molar-refractivity contribution in [3.8, 4) is 11.4 Å². The molecule has 3 heterocycles. The SMILES string of the molecule is CC(C)(C)C[C@]1(c2ccc(-n3cnnn3)c(F)c2)NC(=N)N([C@H](COC(=O)NC2(C(F)(F)F)CC2)c2ccc(Cl)c(-n3ncnc3C(F)F)c2)C1=O. The number of carbonyl (C=O) groups excluding carboxylic acids is 2. The first-order valence-corrected chi connectivity index (χ1v) is 16.0. The Hall–Kier alpha value is -5.27. The van der Waals surface area contributed by atoms with E-state index in [1.807, 2.05) is 26.1 Å². The molecular formula is C31H30ClF6N11O3. The number of nitrogens with one attached hydrogen (secondary N) is 3. The van der Waals surface area contributed by atoms with Gasteiger partial charge in [0.05, 0.1) is 16.8 Å². The van der Waals surface area contributed by atoms with Crippen molar-refractivity contribution < 1.29 is 40.7 Å². The molecule has 1 aliphatic heterocycles. The van der Waals surface area contributed by atoms with E-state index in [0.717, 1.165) is 26.7 Å². The fourth-order valence-electron chi connectivity index (χ4n) is 6.16. The number of guanidine groups is 1. The summed E-state index contributed by atoms with van der Waals surface area (Å²) in [4.78, 5) is 32.1. The predicted molar refractivity (Wildman–Crippen MR) is 169 cm³/mol. The highest BCUT2D eigenvalue weighted by Crippen LogP contribution is 2.49. The normalized spacial score (nSPS) is 19.2. The van der Waals surface area contributed by atoms with Gasteiger partial charge >= 0.3 is 12.3 Å². The first-order valence-electron chi connectivity index (χ1n) is 15.6. The number of nitrogens with zero attached hydrogens (tertiary/aromatic N) is 8. The van der Waals surface area contributed by atoms with Gasteiger partial charge in [0.25, 0.3) is 12.3 Å². The molecule has 2 fully saturated rings. The molecule has 3 N–H and O–H groups in total. The second-order valence-corrected chi connectivity index (χ2v) is 14.0. The number of amides is 2. The minimum Gasteiger partial charge on any atom is -0.447 e. The summed E-state index contributed by atoms with van der Waals surface area (Å²) in [5.74, 6) is -2.92. The van der Waals surface area contributed by atoms with Crippen LogP contribution in [0.2, 0.25) is 5.02 Å². The summed E-state index contributed by atoms with van der Waals surface area (Å²) in [5, 5.41) is 28.2. The zero-order valence-electron chi connectivity index (χ0n) is 27.6. The minimum atomic E-state index is -4.75. The molecule has 2 amide bonds. The van der Waals surface area contributed by atoms with Crippen LogP contribution in [-0.2, 0) is 15.1 Å². The van der Waals surface area contributed by atoms with Crippen LogP contribution in [0.4, 0.5) is 31.1 Å². The fraction of sp³-hybridized carbons (Fsp3) is 0.419. The molecule has 1 saturated carbocycles. The Balaban J connectivity index is 1.42. The standard InChI is InChI=1S/C31H30ClF6N11O3/c1-28(2,3)13-30(17-5-7-20(19(33)11-17)47-15-41-45-46-47)25(50)48(26(39)43-30)22(12-52-27(51)44-29(8-9-29)31(36,37)38)16-4-6-18(32)21(10-16)49-24(23(34)35)40-14-42-49/h4-7,10-11,14-15,22-23H,8-9,12-13H2,1-3H3,(H2,39,43)(H,44,51)/t22-,30-/m1/s1. The third kappa shape index (κ3) is 6.73. The Morgan fingerprint density at radius 3 is 2.46 bits per heavy atom. The van der Waals surface area contributed by atoms with Gasteiger partial charge in [0, 0.05) is 0 Å². The van der Waals surface area contributed by atoms with Crippen LogP contribution >= 0.6 is 11.6 Å². The van der Waals surface area contributed by atoms with E-state index in [1.54, 1.807) is 0 Å². The molecule has 2 aromatic heterocycles. The largest absolute Gasteiger partial charge is 0.447 e. The van der Waals surface area contributed by atoms with Crippen molar-refractivity contribution in [1.82, 2.24) is 50.5 Å². The number of aromatic nitrogens is 7. The summed E-state index contributed by atoms with van der Waals surface area (Å²) >= 11 is 6.38. The van der Waals surface area contributed by atoms with Crippen molar-refractivity contribution in [2.45, 2.75) is 69.8 Å². The van der Waals surface area contributed by atoms with Gasteiger partial charge < -0.3 is 15.4 Å². The topological polar surface area (TPSA) is 169 Å². The molecule has 1 saturated heterocycles. The highest BCUT2D eigenvalue weighted by Gasteiger charge is 2.64. The second-order valence-electron chi connectivity index (χ2n) is 13.6. The van der Waals surface area contributed by atoms with E-state index in [4.69, 9.17) is 21.7 Å². The van der Waals surface area contributed by atoms with E-state index in [-0.39, 0.29) is 46.8 Å². The van der Waals surface area contributed by atoms with Gasteiger partial charge in [-0.2, -0.15) is 23.0 Å². The average molecular weight is 754 g/mol. The number of tetrazole rings is 1. The molecule has 0 unspecified atom stereocenters. The smallest absolute Gasteiger partial charge is 0.411 e. The lowest BCUT2D eigenvalue weighted by molar-refractivity contribution is -0.164. The molecule has 1 aliphatic carbocycles. The molecule has 21 heteroatoms. The number of hydrogen-bond donors (Lipinski definition) is 3. The molecule has 4 aromatic rings. The molecule has 0 radical (unpaired) electrons. The highest BCUT2D eigenvalue weighted by molar-refractivity contribution is 6.32. The van der Waals surface area contributed by atoms with E-state index in [2.05, 4.69) is 30.9 Å². The van der Waals surface area contributed by atoms with E-state index < -0.39 is 71.3 Å². The van der Waals surface area contributed by atoms with Gasteiger partial charge in [-0.15, -0.1) is 5.10 Å². The van der Waals surface area contributed by atoms with E-state index in [9.17, 15) is 31.5 Å². The second kappa shape index (κ2) is 13.1. The third-order valence-electron chi connectivity index (χ3n) is 8.66. The van der Waals surface area contributed by atoms with Gasteiger partial charge in [0.15, 0.2) is 11.8 Å². The number of alkyl halides is 5. The molecule has 52 heavy (non-hydrogen) atoms. The van der Waals surface area contributed by atoms with Crippen LogP contribution < -0.4 is 10.6 Å². The number of carbonyl (C=O) groups is 2. The van der Waals surface area contributed by atoms with Crippen molar-refractivity contribution >= 4 is 29.6 Å². The predicted octanol–water partition coefficient (Wildman–Crippen LogP) is 5.53. The number of halogens is 7. The Kier molecular flexibility index (Phi) is 9.17. The molecule has 2 aromatic carbocycles. The first-order chi connectivity index (χ1) is 24.4. The van der Waals surface area contributed by atoms with Crippen LogP contribution in [-0.4, -0.2) is 76.2 Å². The van der Waals surface area contributed by atoms with Gasteiger partial charge in [0.1, 0.15) is 41.8 Å². The van der Waals surface area contributed by atoms with Crippen molar-refractivity contribution in [3.63, 3.8) is 0 Å². The zero-order valence-corrected chi connectivity index (χ0v) is 28.3. The molecule has 2 aliphatic rings. The van der Waals surface area contributed by atoms with Crippen LogP contribution in [0, 0.1) is 16.6 Å². The molecule has 0 bridgehead atoms. The lowest BCUT2D eigenvalue weighted by Gasteiger charge is -2.35. The number of hydrogen-bond acceptors (Lipinski definition) is 9. The monoisotopic (exact) mass is 753 g/mol. The summed E-state index contributed by atoms with van der Waals surface area (Å²) in [6, 6.07) is 6.32. The number of rotatable bonds is 10. The summed E-state index contributed by atoms with van der Waals surface area (Å²) < 4.78 is 91.1. The zero-order chi connectivity index (χ0) is 37.8. The minimum absolute atomic E-state index is 0.00782. The first kappa shape index (κ1) is 36.5. The third-order valence-corrected chi connectivity index (χ3v) is 8.98. The van der Waals surface area contributed by atoms with Gasteiger partial charge in [-0.1, -0.05) is 44.5 Å². The van der Waals surface area contributed by atoms with Crippen molar-refractivity contribution in [3.05, 3.63) is 76.8 Å². The maximum absolute atomic E-state index is 15.6. The Bertz CT molecular complexity index is 2010.